The van der Waals surface area contributed by atoms with Crippen molar-refractivity contribution in [3.8, 4) is 0 Å². The highest BCUT2D eigenvalue weighted by molar-refractivity contribution is 4.63. The van der Waals surface area contributed by atoms with Gasteiger partial charge < -0.3 is 0 Å². The predicted octanol–water partition coefficient (Wildman–Crippen LogP) is 9.03. The van der Waals surface area contributed by atoms with Crippen molar-refractivity contribution in [1.82, 2.24) is 0 Å². The fourth-order valence-corrected chi connectivity index (χ4v) is 3.36. The van der Waals surface area contributed by atoms with Crippen molar-refractivity contribution in [2.45, 2.75) is 142 Å². The van der Waals surface area contributed by atoms with Crippen LogP contribution in [0.5, 0.6) is 0 Å². The Balaban J connectivity index is 2.92. The van der Waals surface area contributed by atoms with Gasteiger partial charge in [-0.25, -0.2) is 0 Å². The van der Waals surface area contributed by atoms with Gasteiger partial charge in [-0.2, -0.15) is 0 Å². The maximum Gasteiger partial charge on any atom is -0.0386 e. The lowest BCUT2D eigenvalue weighted by atomic mass is 10.0. The first kappa shape index (κ1) is 23.0. The molecule has 0 bridgehead atoms. The first-order valence-electron chi connectivity index (χ1n) is 11.2. The molecule has 139 valence electrons. The van der Waals surface area contributed by atoms with Crippen LogP contribution in [0.4, 0.5) is 0 Å². The van der Waals surface area contributed by atoms with Gasteiger partial charge in [0, 0.05) is 0 Å². The molecule has 0 spiro atoms. The van der Waals surface area contributed by atoms with Crippen LogP contribution in [0.1, 0.15) is 142 Å². The standard InChI is InChI=1S/C23H47/c1-3-5-7-9-11-13-15-17-19-21-23-22-20-18-16-14-12-10-8-6-4-2/h7H,3-6,8-23H2,1-2H3. The van der Waals surface area contributed by atoms with Crippen LogP contribution in [0, 0.1) is 6.42 Å². The molecule has 0 nitrogen and oxygen atoms in total. The molecule has 0 aliphatic rings. The van der Waals surface area contributed by atoms with E-state index in [0.717, 1.165) is 0 Å². The summed E-state index contributed by atoms with van der Waals surface area (Å²) in [6.07, 6.45) is 31.4. The minimum Gasteiger partial charge on any atom is -0.0654 e. The highest BCUT2D eigenvalue weighted by Crippen LogP contribution is 2.14. The second-order valence-corrected chi connectivity index (χ2v) is 7.52. The molecule has 0 rings (SSSR count). The van der Waals surface area contributed by atoms with Crippen molar-refractivity contribution in [1.29, 1.82) is 0 Å². The van der Waals surface area contributed by atoms with Crippen molar-refractivity contribution in [2.24, 2.45) is 0 Å². The summed E-state index contributed by atoms with van der Waals surface area (Å²) < 4.78 is 0. The van der Waals surface area contributed by atoms with Gasteiger partial charge in [-0.05, 0) is 6.42 Å². The zero-order valence-electron chi connectivity index (χ0n) is 16.7. The SMILES string of the molecule is CCC[CH]CCCCCCCCCCCCCCCCCCC. The average Bonchev–Trinajstić information content (AvgIpc) is 2.57. The molecule has 0 heteroatoms. The molecule has 0 unspecified atom stereocenters. The molecule has 0 aromatic heterocycles. The molecule has 0 aromatic rings. The fourth-order valence-electron chi connectivity index (χ4n) is 3.36. The van der Waals surface area contributed by atoms with Crippen molar-refractivity contribution in [2.75, 3.05) is 0 Å². The van der Waals surface area contributed by atoms with Gasteiger partial charge >= 0.3 is 0 Å². The highest BCUT2D eigenvalue weighted by Gasteiger charge is 1.95. The van der Waals surface area contributed by atoms with Crippen LogP contribution >= 0.6 is 0 Å². The highest BCUT2D eigenvalue weighted by atomic mass is 14.0. The molecule has 0 N–H and O–H groups in total. The molecule has 0 aliphatic heterocycles. The number of rotatable bonds is 20. The zero-order chi connectivity index (χ0) is 16.8. The van der Waals surface area contributed by atoms with Gasteiger partial charge in [0.2, 0.25) is 0 Å². The summed E-state index contributed by atoms with van der Waals surface area (Å²) in [4.78, 5) is 0. The van der Waals surface area contributed by atoms with Crippen LogP contribution in [0.25, 0.3) is 0 Å². The smallest absolute Gasteiger partial charge is 0.0386 e. The minimum atomic E-state index is 1.32. The lowest BCUT2D eigenvalue weighted by Crippen LogP contribution is -1.84. The van der Waals surface area contributed by atoms with E-state index >= 15 is 0 Å². The largest absolute Gasteiger partial charge is 0.0654 e. The maximum absolute atomic E-state index is 2.48. The molecule has 0 aliphatic carbocycles. The van der Waals surface area contributed by atoms with Crippen LogP contribution in [0.2, 0.25) is 0 Å². The minimum absolute atomic E-state index is 1.32. The van der Waals surface area contributed by atoms with Gasteiger partial charge in [-0.15, -0.1) is 0 Å². The second kappa shape index (κ2) is 22.0. The Morgan fingerprint density at radius 1 is 0.348 bits per heavy atom. The van der Waals surface area contributed by atoms with Gasteiger partial charge in [0.15, 0.2) is 0 Å². The summed E-state index contributed by atoms with van der Waals surface area (Å²) in [6.45, 7) is 4.57. The van der Waals surface area contributed by atoms with Crippen molar-refractivity contribution < 1.29 is 0 Å². The molecule has 0 aromatic carbocycles. The van der Waals surface area contributed by atoms with E-state index in [0.29, 0.717) is 0 Å². The predicted molar refractivity (Wildman–Crippen MR) is 108 cm³/mol. The molecule has 0 fully saturated rings. The first-order chi connectivity index (χ1) is 11.4. The van der Waals surface area contributed by atoms with Gasteiger partial charge in [-0.3, -0.25) is 0 Å². The van der Waals surface area contributed by atoms with Crippen molar-refractivity contribution in [3.63, 3.8) is 0 Å². The quantitative estimate of drug-likeness (QED) is 0.196. The van der Waals surface area contributed by atoms with E-state index in [9.17, 15) is 0 Å². The van der Waals surface area contributed by atoms with Gasteiger partial charge in [0.1, 0.15) is 0 Å². The van der Waals surface area contributed by atoms with Crippen molar-refractivity contribution in [3.05, 3.63) is 6.42 Å². The Kier molecular flexibility index (Phi) is 22.0. The molecule has 1 radical (unpaired) electrons. The Hall–Kier alpha value is 0. The Morgan fingerprint density at radius 2 is 0.696 bits per heavy atom. The fraction of sp³-hybridized carbons (Fsp3) is 0.957. The normalized spacial score (nSPS) is 11.2. The summed E-state index contributed by atoms with van der Waals surface area (Å²) in [5.41, 5.74) is 0. The third-order valence-corrected chi connectivity index (χ3v) is 5.00. The molecule has 23 heavy (non-hydrogen) atoms. The molecular weight excluding hydrogens is 276 g/mol. The lowest BCUT2D eigenvalue weighted by molar-refractivity contribution is 0.526. The lowest BCUT2D eigenvalue weighted by Gasteiger charge is -2.03. The third-order valence-electron chi connectivity index (χ3n) is 5.00. The van der Waals surface area contributed by atoms with E-state index < -0.39 is 0 Å². The van der Waals surface area contributed by atoms with E-state index in [1.807, 2.05) is 0 Å². The summed E-state index contributed by atoms with van der Waals surface area (Å²) in [6, 6.07) is 0. The molecule has 0 saturated heterocycles. The van der Waals surface area contributed by atoms with Crippen LogP contribution < -0.4 is 0 Å². The summed E-state index contributed by atoms with van der Waals surface area (Å²) >= 11 is 0. The number of hydrogen-bond acceptors (Lipinski definition) is 0. The molecule has 0 atom stereocenters. The molecular formula is C23H47. The van der Waals surface area contributed by atoms with Crippen LogP contribution in [-0.4, -0.2) is 0 Å². The van der Waals surface area contributed by atoms with Crippen molar-refractivity contribution >= 4 is 0 Å². The number of hydrogen-bond donors (Lipinski definition) is 0. The van der Waals surface area contributed by atoms with E-state index in [4.69, 9.17) is 0 Å². The Morgan fingerprint density at radius 3 is 1.04 bits per heavy atom. The molecule has 0 amide bonds. The van der Waals surface area contributed by atoms with E-state index in [1.54, 1.807) is 0 Å². The van der Waals surface area contributed by atoms with Gasteiger partial charge in [0.25, 0.3) is 0 Å². The monoisotopic (exact) mass is 323 g/mol. The summed E-state index contributed by atoms with van der Waals surface area (Å²) in [5.74, 6) is 0. The summed E-state index contributed by atoms with van der Waals surface area (Å²) in [5, 5.41) is 0. The average molecular weight is 324 g/mol. The van der Waals surface area contributed by atoms with Gasteiger partial charge in [-0.1, -0.05) is 142 Å². The van der Waals surface area contributed by atoms with E-state index in [1.165, 1.54) is 128 Å². The number of unbranched alkanes of at least 4 members (excludes halogenated alkanes) is 20. The van der Waals surface area contributed by atoms with Crippen LogP contribution in [-0.2, 0) is 0 Å². The molecule has 0 saturated carbocycles. The Labute approximate surface area is 149 Å². The molecule has 0 heterocycles. The van der Waals surface area contributed by atoms with Gasteiger partial charge in [0.05, 0.1) is 0 Å². The second-order valence-electron chi connectivity index (χ2n) is 7.52. The van der Waals surface area contributed by atoms with Crippen LogP contribution in [0.3, 0.4) is 0 Å². The maximum atomic E-state index is 2.48. The van der Waals surface area contributed by atoms with Crippen LogP contribution in [0.15, 0.2) is 0 Å². The zero-order valence-corrected chi connectivity index (χ0v) is 16.7. The Bertz CT molecular complexity index is 164. The summed E-state index contributed by atoms with van der Waals surface area (Å²) in [7, 11) is 0. The third kappa shape index (κ3) is 22.0. The first-order valence-corrected chi connectivity index (χ1v) is 11.2. The van der Waals surface area contributed by atoms with E-state index in [-0.39, 0.29) is 0 Å². The topological polar surface area (TPSA) is 0 Å². The van der Waals surface area contributed by atoms with E-state index in [2.05, 4.69) is 20.3 Å².